The third-order valence-electron chi connectivity index (χ3n) is 2.92. The number of ether oxygens (including phenoxy) is 1. The molecule has 0 saturated heterocycles. The Kier molecular flexibility index (Phi) is 4.90. The van der Waals surface area contributed by atoms with Gasteiger partial charge in [-0.05, 0) is 31.9 Å². The third kappa shape index (κ3) is 3.24. The van der Waals surface area contributed by atoms with Crippen LogP contribution in [0, 0.1) is 0 Å². The van der Waals surface area contributed by atoms with Crippen molar-refractivity contribution < 1.29 is 19.2 Å². The van der Waals surface area contributed by atoms with Gasteiger partial charge in [0.05, 0.1) is 12.2 Å². The van der Waals surface area contributed by atoms with Crippen LogP contribution in [0.5, 0.6) is 0 Å². The van der Waals surface area contributed by atoms with E-state index in [2.05, 4.69) is 5.16 Å². The van der Waals surface area contributed by atoms with E-state index in [1.807, 2.05) is 12.1 Å². The summed E-state index contributed by atoms with van der Waals surface area (Å²) < 4.78 is 9.92. The minimum absolute atomic E-state index is 0.131. The van der Waals surface area contributed by atoms with Crippen LogP contribution in [0.4, 0.5) is 0 Å². The van der Waals surface area contributed by atoms with E-state index in [9.17, 15) is 4.79 Å². The van der Waals surface area contributed by atoms with Crippen LogP contribution in [0.3, 0.4) is 0 Å². The maximum absolute atomic E-state index is 11.6. The first-order chi connectivity index (χ1) is 9.76. The Labute approximate surface area is 117 Å². The number of aromatic nitrogens is 1. The van der Waals surface area contributed by atoms with Crippen molar-refractivity contribution in [3.05, 3.63) is 41.7 Å². The standard InChI is InChI=1S/C15H17NO4/c1-2-19-15(18)12-7-5-11(6-8-12)14-13(4-3-9-17)10-20-16-14/h5-8,10,17H,2-4,9H2,1H3. The quantitative estimate of drug-likeness (QED) is 0.820. The van der Waals surface area contributed by atoms with E-state index >= 15 is 0 Å². The lowest BCUT2D eigenvalue weighted by atomic mass is 10.0. The van der Waals surface area contributed by atoms with Crippen LogP contribution in [0.1, 0.15) is 29.3 Å². The molecule has 0 radical (unpaired) electrons. The maximum Gasteiger partial charge on any atom is 0.338 e. The fraction of sp³-hybridized carbons (Fsp3) is 0.333. The highest BCUT2D eigenvalue weighted by Crippen LogP contribution is 2.23. The van der Waals surface area contributed by atoms with Gasteiger partial charge < -0.3 is 14.4 Å². The second-order valence-corrected chi connectivity index (χ2v) is 4.31. The number of rotatable bonds is 6. The van der Waals surface area contributed by atoms with Crippen molar-refractivity contribution >= 4 is 5.97 Å². The van der Waals surface area contributed by atoms with Crippen LogP contribution in [0.25, 0.3) is 11.3 Å². The number of hydrogen-bond acceptors (Lipinski definition) is 5. The zero-order chi connectivity index (χ0) is 14.4. The van der Waals surface area contributed by atoms with Crippen LogP contribution < -0.4 is 0 Å². The number of carbonyl (C=O) groups excluding carboxylic acids is 1. The molecule has 0 bridgehead atoms. The molecular formula is C15H17NO4. The Morgan fingerprint density at radius 1 is 1.35 bits per heavy atom. The predicted octanol–water partition coefficient (Wildman–Crippen LogP) is 2.44. The SMILES string of the molecule is CCOC(=O)c1ccc(-c2nocc2CCCO)cc1. The first kappa shape index (κ1) is 14.3. The van der Waals surface area contributed by atoms with Gasteiger partial charge in [-0.25, -0.2) is 4.79 Å². The molecule has 1 N–H and O–H groups in total. The third-order valence-corrected chi connectivity index (χ3v) is 2.92. The van der Waals surface area contributed by atoms with Crippen molar-refractivity contribution in [3.8, 4) is 11.3 Å². The summed E-state index contributed by atoms with van der Waals surface area (Å²) in [5.74, 6) is -0.334. The highest BCUT2D eigenvalue weighted by molar-refractivity contribution is 5.90. The van der Waals surface area contributed by atoms with E-state index in [0.717, 1.165) is 16.8 Å². The Balaban J connectivity index is 2.17. The molecule has 1 aromatic carbocycles. The molecular weight excluding hydrogens is 258 g/mol. The second-order valence-electron chi connectivity index (χ2n) is 4.31. The topological polar surface area (TPSA) is 72.6 Å². The Morgan fingerprint density at radius 3 is 2.75 bits per heavy atom. The van der Waals surface area contributed by atoms with Crippen LogP contribution in [0.15, 0.2) is 35.1 Å². The summed E-state index contributed by atoms with van der Waals surface area (Å²) in [5, 5.41) is 12.8. The van der Waals surface area contributed by atoms with E-state index < -0.39 is 0 Å². The van der Waals surface area contributed by atoms with E-state index in [4.69, 9.17) is 14.4 Å². The van der Waals surface area contributed by atoms with Gasteiger partial charge in [0, 0.05) is 17.7 Å². The smallest absolute Gasteiger partial charge is 0.338 e. The number of nitrogens with zero attached hydrogens (tertiary/aromatic N) is 1. The van der Waals surface area contributed by atoms with Crippen LogP contribution in [-0.2, 0) is 11.2 Å². The normalized spacial score (nSPS) is 10.5. The monoisotopic (exact) mass is 275 g/mol. The molecule has 2 rings (SSSR count). The summed E-state index contributed by atoms with van der Waals surface area (Å²) in [6.45, 7) is 2.26. The fourth-order valence-corrected chi connectivity index (χ4v) is 1.92. The number of hydrogen-bond donors (Lipinski definition) is 1. The number of benzene rings is 1. The molecule has 0 fully saturated rings. The first-order valence-electron chi connectivity index (χ1n) is 6.58. The van der Waals surface area contributed by atoms with Gasteiger partial charge >= 0.3 is 5.97 Å². The van der Waals surface area contributed by atoms with Crippen molar-refractivity contribution in [3.63, 3.8) is 0 Å². The minimum Gasteiger partial charge on any atom is -0.462 e. The second kappa shape index (κ2) is 6.86. The van der Waals surface area contributed by atoms with Gasteiger partial charge in [-0.3, -0.25) is 0 Å². The predicted molar refractivity (Wildman–Crippen MR) is 73.3 cm³/mol. The van der Waals surface area contributed by atoms with Gasteiger partial charge in [-0.2, -0.15) is 0 Å². The van der Waals surface area contributed by atoms with E-state index in [0.29, 0.717) is 25.0 Å². The summed E-state index contributed by atoms with van der Waals surface area (Å²) in [6.07, 6.45) is 2.95. The number of carbonyl (C=O) groups is 1. The van der Waals surface area contributed by atoms with E-state index in [1.54, 1.807) is 25.3 Å². The molecule has 0 aliphatic heterocycles. The highest BCUT2D eigenvalue weighted by atomic mass is 16.5. The summed E-state index contributed by atoms with van der Waals surface area (Å²) in [6, 6.07) is 7.04. The van der Waals surface area contributed by atoms with Crippen molar-refractivity contribution in [2.75, 3.05) is 13.2 Å². The van der Waals surface area contributed by atoms with Gasteiger partial charge in [0.1, 0.15) is 12.0 Å². The fourth-order valence-electron chi connectivity index (χ4n) is 1.92. The molecule has 20 heavy (non-hydrogen) atoms. The molecule has 1 aromatic heterocycles. The largest absolute Gasteiger partial charge is 0.462 e. The van der Waals surface area contributed by atoms with Gasteiger partial charge in [-0.1, -0.05) is 17.3 Å². The molecule has 1 heterocycles. The molecule has 0 unspecified atom stereocenters. The molecule has 0 saturated carbocycles. The Morgan fingerprint density at radius 2 is 2.10 bits per heavy atom. The summed E-state index contributed by atoms with van der Waals surface area (Å²) in [4.78, 5) is 11.6. The van der Waals surface area contributed by atoms with Crippen LogP contribution >= 0.6 is 0 Å². The zero-order valence-electron chi connectivity index (χ0n) is 11.3. The molecule has 5 heteroatoms. The number of aryl methyl sites for hydroxylation is 1. The van der Waals surface area contributed by atoms with Crippen LogP contribution in [-0.4, -0.2) is 29.4 Å². The van der Waals surface area contributed by atoms with Crippen molar-refractivity contribution in [2.45, 2.75) is 19.8 Å². The van der Waals surface area contributed by atoms with Gasteiger partial charge in [-0.15, -0.1) is 0 Å². The average molecular weight is 275 g/mol. The number of esters is 1. The molecule has 5 nitrogen and oxygen atoms in total. The van der Waals surface area contributed by atoms with Crippen molar-refractivity contribution in [1.82, 2.24) is 5.16 Å². The average Bonchev–Trinajstić information content (AvgIpc) is 2.94. The van der Waals surface area contributed by atoms with Crippen molar-refractivity contribution in [1.29, 1.82) is 0 Å². The lowest BCUT2D eigenvalue weighted by Crippen LogP contribution is -2.04. The maximum atomic E-state index is 11.6. The van der Waals surface area contributed by atoms with E-state index in [1.165, 1.54) is 0 Å². The number of aliphatic hydroxyl groups excluding tert-OH is 1. The van der Waals surface area contributed by atoms with Crippen molar-refractivity contribution in [2.24, 2.45) is 0 Å². The molecule has 0 aliphatic rings. The molecule has 106 valence electrons. The Hall–Kier alpha value is -2.14. The summed E-state index contributed by atoms with van der Waals surface area (Å²) in [7, 11) is 0. The lowest BCUT2D eigenvalue weighted by Gasteiger charge is -2.03. The molecule has 0 spiro atoms. The minimum atomic E-state index is -0.334. The first-order valence-corrected chi connectivity index (χ1v) is 6.58. The molecule has 2 aromatic rings. The molecule has 0 atom stereocenters. The molecule has 0 aliphatic carbocycles. The lowest BCUT2D eigenvalue weighted by molar-refractivity contribution is 0.0526. The number of aliphatic hydroxyl groups is 1. The van der Waals surface area contributed by atoms with E-state index in [-0.39, 0.29) is 12.6 Å². The van der Waals surface area contributed by atoms with Crippen LogP contribution in [0.2, 0.25) is 0 Å². The molecule has 0 amide bonds. The van der Waals surface area contributed by atoms with Gasteiger partial charge in [0.25, 0.3) is 0 Å². The van der Waals surface area contributed by atoms with Gasteiger partial charge in [0.15, 0.2) is 0 Å². The Bertz CT molecular complexity index is 560. The zero-order valence-corrected chi connectivity index (χ0v) is 11.3. The van der Waals surface area contributed by atoms with Gasteiger partial charge in [0.2, 0.25) is 0 Å². The highest BCUT2D eigenvalue weighted by Gasteiger charge is 2.11. The summed E-state index contributed by atoms with van der Waals surface area (Å²) in [5.41, 5.74) is 3.08. The summed E-state index contributed by atoms with van der Waals surface area (Å²) >= 11 is 0.